The van der Waals surface area contributed by atoms with E-state index in [1.165, 1.54) is 18.2 Å². The molecule has 31 heavy (non-hydrogen) atoms. The molecule has 0 saturated carbocycles. The Morgan fingerprint density at radius 2 is 1.90 bits per heavy atom. The summed E-state index contributed by atoms with van der Waals surface area (Å²) in [6.07, 6.45) is 1.50. The number of nitro groups is 1. The number of hydrogen-bond acceptors (Lipinski definition) is 4. The van der Waals surface area contributed by atoms with E-state index in [1.54, 1.807) is 0 Å². The molecule has 2 aromatic carbocycles. The van der Waals surface area contributed by atoms with Crippen LogP contribution in [0.4, 0.5) is 11.4 Å². The lowest BCUT2D eigenvalue weighted by molar-refractivity contribution is -0.384. The van der Waals surface area contributed by atoms with E-state index >= 15 is 0 Å². The molecule has 1 N–H and O–H groups in total. The zero-order chi connectivity index (χ0) is 22.7. The molecular weight excluding hydrogens is 484 g/mol. The van der Waals surface area contributed by atoms with E-state index in [0.717, 1.165) is 27.6 Å². The van der Waals surface area contributed by atoms with Gasteiger partial charge in [0.15, 0.2) is 0 Å². The van der Waals surface area contributed by atoms with Crippen LogP contribution < -0.4 is 5.32 Å². The summed E-state index contributed by atoms with van der Waals surface area (Å²) in [5, 5.41) is 23.0. The molecule has 156 valence electrons. The Morgan fingerprint density at radius 1 is 1.23 bits per heavy atom. The van der Waals surface area contributed by atoms with E-state index in [0.29, 0.717) is 5.56 Å². The molecule has 7 nitrogen and oxygen atoms in total. The molecule has 3 rings (SSSR count). The van der Waals surface area contributed by atoms with Gasteiger partial charge in [0.05, 0.1) is 4.92 Å². The minimum atomic E-state index is -0.674. The van der Waals surface area contributed by atoms with Crippen LogP contribution in [0.15, 0.2) is 58.6 Å². The van der Waals surface area contributed by atoms with Gasteiger partial charge in [0, 0.05) is 33.3 Å². The van der Waals surface area contributed by atoms with Crippen LogP contribution in [0.3, 0.4) is 0 Å². The van der Waals surface area contributed by atoms with Crippen molar-refractivity contribution < 1.29 is 9.72 Å². The Kier molecular flexibility index (Phi) is 6.59. The highest BCUT2D eigenvalue weighted by atomic mass is 79.9. The Morgan fingerprint density at radius 3 is 2.52 bits per heavy atom. The molecule has 0 aliphatic heterocycles. The smallest absolute Gasteiger partial charge is 0.289 e. The fourth-order valence-electron chi connectivity index (χ4n) is 3.15. The van der Waals surface area contributed by atoms with Gasteiger partial charge in [0.25, 0.3) is 11.6 Å². The van der Waals surface area contributed by atoms with Crippen LogP contribution in [0.2, 0.25) is 5.02 Å². The number of nitrogens with one attached hydrogen (secondary N) is 1. The molecule has 9 heteroatoms. The zero-order valence-corrected chi connectivity index (χ0v) is 18.9. The summed E-state index contributed by atoms with van der Waals surface area (Å²) >= 11 is 9.21. The SMILES string of the molecule is Cc1cc(/C=C(\C#N)C(=O)Nc2ccc(Cl)c([N+](=O)[O-])c2)c(C)n1-c1ccc(Br)cc1. The molecule has 1 heterocycles. The highest BCUT2D eigenvalue weighted by Crippen LogP contribution is 2.28. The van der Waals surface area contributed by atoms with Crippen LogP contribution in [0, 0.1) is 35.3 Å². The highest BCUT2D eigenvalue weighted by Gasteiger charge is 2.17. The minimum absolute atomic E-state index is 0.0422. The first-order valence-electron chi connectivity index (χ1n) is 9.03. The summed E-state index contributed by atoms with van der Waals surface area (Å²) in [7, 11) is 0. The number of amides is 1. The van der Waals surface area contributed by atoms with Crippen LogP contribution >= 0.6 is 27.5 Å². The molecule has 0 fully saturated rings. The lowest BCUT2D eigenvalue weighted by atomic mass is 10.1. The molecule has 3 aromatic rings. The zero-order valence-electron chi connectivity index (χ0n) is 16.5. The lowest BCUT2D eigenvalue weighted by Gasteiger charge is -2.10. The summed E-state index contributed by atoms with van der Waals surface area (Å²) in [6, 6.07) is 15.5. The van der Waals surface area contributed by atoms with Crippen LogP contribution in [0.1, 0.15) is 17.0 Å². The fraction of sp³-hybridized carbons (Fsp3) is 0.0909. The van der Waals surface area contributed by atoms with E-state index in [-0.39, 0.29) is 22.0 Å². The first-order valence-corrected chi connectivity index (χ1v) is 10.2. The Balaban J connectivity index is 1.92. The van der Waals surface area contributed by atoms with Gasteiger partial charge >= 0.3 is 0 Å². The van der Waals surface area contributed by atoms with Crippen molar-refractivity contribution in [1.29, 1.82) is 5.26 Å². The number of nitrogens with zero attached hydrogens (tertiary/aromatic N) is 3. The Hall–Kier alpha value is -3.41. The molecular formula is C22H16BrClN4O3. The van der Waals surface area contributed by atoms with Crippen LogP contribution in [0.5, 0.6) is 0 Å². The highest BCUT2D eigenvalue weighted by molar-refractivity contribution is 9.10. The second-order valence-electron chi connectivity index (χ2n) is 6.69. The normalized spacial score (nSPS) is 11.1. The minimum Gasteiger partial charge on any atom is -0.321 e. The number of aromatic nitrogens is 1. The van der Waals surface area contributed by atoms with E-state index in [9.17, 15) is 20.2 Å². The third-order valence-electron chi connectivity index (χ3n) is 4.62. The van der Waals surface area contributed by atoms with Crippen molar-refractivity contribution in [2.45, 2.75) is 13.8 Å². The quantitative estimate of drug-likeness (QED) is 0.202. The summed E-state index contributed by atoms with van der Waals surface area (Å²) in [5.41, 5.74) is 3.18. The predicted octanol–water partition coefficient (Wildman–Crippen LogP) is 5.96. The third kappa shape index (κ3) is 4.85. The molecule has 0 bridgehead atoms. The maximum Gasteiger partial charge on any atom is 0.289 e. The molecule has 1 amide bonds. The maximum atomic E-state index is 12.6. The number of carbonyl (C=O) groups excluding carboxylic acids is 1. The second-order valence-corrected chi connectivity index (χ2v) is 8.01. The first-order chi connectivity index (χ1) is 14.7. The fourth-order valence-corrected chi connectivity index (χ4v) is 3.60. The number of benzene rings is 2. The first kappa shape index (κ1) is 22.3. The predicted molar refractivity (Wildman–Crippen MR) is 123 cm³/mol. The maximum absolute atomic E-state index is 12.6. The molecule has 0 atom stereocenters. The van der Waals surface area contributed by atoms with Crippen LogP contribution in [-0.4, -0.2) is 15.4 Å². The van der Waals surface area contributed by atoms with Gasteiger partial charge in [0.2, 0.25) is 0 Å². The number of hydrogen-bond donors (Lipinski definition) is 1. The van der Waals surface area contributed by atoms with E-state index in [2.05, 4.69) is 21.2 Å². The summed E-state index contributed by atoms with van der Waals surface area (Å²) in [6.45, 7) is 3.83. The molecule has 0 spiro atoms. The van der Waals surface area contributed by atoms with Gasteiger partial charge in [-0.2, -0.15) is 5.26 Å². The second kappa shape index (κ2) is 9.16. The number of nitro benzene ring substituents is 1. The average Bonchev–Trinajstić information content (AvgIpc) is 3.01. The average molecular weight is 500 g/mol. The van der Waals surface area contributed by atoms with Crippen molar-refractivity contribution in [3.63, 3.8) is 0 Å². The van der Waals surface area contributed by atoms with Crippen LogP contribution in [0.25, 0.3) is 11.8 Å². The van der Waals surface area contributed by atoms with Crippen molar-refractivity contribution in [3.8, 4) is 11.8 Å². The Labute approximate surface area is 191 Å². The van der Waals surface area contributed by atoms with Gasteiger partial charge in [-0.25, -0.2) is 0 Å². The molecule has 0 radical (unpaired) electrons. The van der Waals surface area contributed by atoms with Crippen molar-refractivity contribution >= 4 is 50.9 Å². The van der Waals surface area contributed by atoms with Crippen molar-refractivity contribution in [2.75, 3.05) is 5.32 Å². The van der Waals surface area contributed by atoms with Gasteiger partial charge in [-0.3, -0.25) is 14.9 Å². The number of aryl methyl sites for hydroxylation is 1. The molecule has 0 unspecified atom stereocenters. The molecule has 0 aliphatic carbocycles. The van der Waals surface area contributed by atoms with Gasteiger partial charge < -0.3 is 9.88 Å². The molecule has 1 aromatic heterocycles. The van der Waals surface area contributed by atoms with Crippen molar-refractivity contribution in [1.82, 2.24) is 4.57 Å². The molecule has 0 saturated heterocycles. The monoisotopic (exact) mass is 498 g/mol. The topological polar surface area (TPSA) is 101 Å². The van der Waals surface area contributed by atoms with Gasteiger partial charge in [0.1, 0.15) is 16.7 Å². The number of rotatable bonds is 5. The van der Waals surface area contributed by atoms with Gasteiger partial charge in [-0.1, -0.05) is 27.5 Å². The number of anilines is 1. The largest absolute Gasteiger partial charge is 0.321 e. The summed E-state index contributed by atoms with van der Waals surface area (Å²) in [5.74, 6) is -0.674. The van der Waals surface area contributed by atoms with Gasteiger partial charge in [-0.15, -0.1) is 0 Å². The van der Waals surface area contributed by atoms with E-state index < -0.39 is 10.8 Å². The van der Waals surface area contributed by atoms with Crippen molar-refractivity contribution in [2.24, 2.45) is 0 Å². The lowest BCUT2D eigenvalue weighted by Crippen LogP contribution is -2.13. The number of nitriles is 1. The van der Waals surface area contributed by atoms with Crippen LogP contribution in [-0.2, 0) is 4.79 Å². The van der Waals surface area contributed by atoms with E-state index in [4.69, 9.17) is 11.6 Å². The van der Waals surface area contributed by atoms with Crippen molar-refractivity contribution in [3.05, 3.63) is 90.7 Å². The number of halogens is 2. The van der Waals surface area contributed by atoms with Gasteiger partial charge in [-0.05, 0) is 68.0 Å². The third-order valence-corrected chi connectivity index (χ3v) is 5.47. The Bertz CT molecular complexity index is 1260. The summed E-state index contributed by atoms with van der Waals surface area (Å²) < 4.78 is 2.98. The van der Waals surface area contributed by atoms with E-state index in [1.807, 2.05) is 54.8 Å². The molecule has 0 aliphatic rings. The summed E-state index contributed by atoms with van der Waals surface area (Å²) in [4.78, 5) is 23.0. The number of carbonyl (C=O) groups is 1. The standard InChI is InChI=1S/C22H16BrClN4O3/c1-13-9-15(14(2)27(13)19-6-3-17(23)4-7-19)10-16(12-25)22(29)26-18-5-8-20(24)21(11-18)28(30)31/h3-11H,1-2H3,(H,26,29)/b16-10+.